The number of rotatable bonds is 5. The summed E-state index contributed by atoms with van der Waals surface area (Å²) in [6.45, 7) is 0.500. The Morgan fingerprint density at radius 1 is 1.15 bits per heavy atom. The number of carbonyl (C=O) groups is 1. The molecule has 0 aliphatic heterocycles. The lowest BCUT2D eigenvalue weighted by molar-refractivity contribution is 0.0949. The van der Waals surface area contributed by atoms with Crippen molar-refractivity contribution >= 4 is 17.5 Å². The van der Waals surface area contributed by atoms with E-state index in [1.165, 1.54) is 23.8 Å². The summed E-state index contributed by atoms with van der Waals surface area (Å²) >= 11 is 5.76. The van der Waals surface area contributed by atoms with Crippen LogP contribution in [0.25, 0.3) is 0 Å². The molecule has 1 N–H and O–H groups in total. The fraction of sp³-hybridized carbons (Fsp3) is 0.188. The van der Waals surface area contributed by atoms with Crippen molar-refractivity contribution in [2.45, 2.75) is 12.8 Å². The smallest absolute Gasteiger partial charge is 0.254 e. The summed E-state index contributed by atoms with van der Waals surface area (Å²) in [6, 6.07) is 14.0. The van der Waals surface area contributed by atoms with Crippen LogP contribution in [-0.2, 0) is 6.42 Å². The number of hydrogen-bond donors (Lipinski definition) is 1. The van der Waals surface area contributed by atoms with E-state index >= 15 is 0 Å². The Morgan fingerprint density at radius 2 is 1.90 bits per heavy atom. The Bertz CT molecular complexity index is 586. The highest BCUT2D eigenvalue weighted by Gasteiger charge is 2.11. The van der Waals surface area contributed by atoms with Crippen molar-refractivity contribution < 1.29 is 9.18 Å². The van der Waals surface area contributed by atoms with Crippen LogP contribution in [0.2, 0.25) is 5.02 Å². The summed E-state index contributed by atoms with van der Waals surface area (Å²) in [7, 11) is 0. The third-order valence-electron chi connectivity index (χ3n) is 2.94. The van der Waals surface area contributed by atoms with Gasteiger partial charge in [-0.05, 0) is 36.6 Å². The second kappa shape index (κ2) is 7.06. The highest BCUT2D eigenvalue weighted by Crippen LogP contribution is 2.14. The van der Waals surface area contributed by atoms with E-state index in [4.69, 9.17) is 11.6 Å². The minimum atomic E-state index is -0.560. The first-order valence-corrected chi connectivity index (χ1v) is 6.82. The average molecular weight is 292 g/mol. The molecule has 20 heavy (non-hydrogen) atoms. The minimum absolute atomic E-state index is 0.0165. The minimum Gasteiger partial charge on any atom is -0.352 e. The van der Waals surface area contributed by atoms with Crippen molar-refractivity contribution in [2.75, 3.05) is 6.54 Å². The summed E-state index contributed by atoms with van der Waals surface area (Å²) < 4.78 is 13.5. The van der Waals surface area contributed by atoms with Crippen LogP contribution in [0.1, 0.15) is 22.3 Å². The van der Waals surface area contributed by atoms with Crippen LogP contribution in [-0.4, -0.2) is 12.5 Å². The molecular weight excluding hydrogens is 277 g/mol. The van der Waals surface area contributed by atoms with Gasteiger partial charge in [-0.1, -0.05) is 41.9 Å². The predicted octanol–water partition coefficient (Wildman–Crippen LogP) is 3.84. The first-order valence-electron chi connectivity index (χ1n) is 6.44. The normalized spacial score (nSPS) is 10.3. The van der Waals surface area contributed by atoms with Gasteiger partial charge < -0.3 is 5.32 Å². The quantitative estimate of drug-likeness (QED) is 0.833. The maximum absolute atomic E-state index is 13.5. The lowest BCUT2D eigenvalue weighted by Crippen LogP contribution is -2.25. The van der Waals surface area contributed by atoms with E-state index in [1.54, 1.807) is 0 Å². The van der Waals surface area contributed by atoms with Gasteiger partial charge in [-0.3, -0.25) is 4.79 Å². The van der Waals surface area contributed by atoms with Crippen LogP contribution in [0.4, 0.5) is 4.39 Å². The van der Waals surface area contributed by atoms with Gasteiger partial charge in [0.15, 0.2) is 0 Å². The van der Waals surface area contributed by atoms with Crippen LogP contribution in [0.3, 0.4) is 0 Å². The van der Waals surface area contributed by atoms with Gasteiger partial charge in [-0.2, -0.15) is 0 Å². The van der Waals surface area contributed by atoms with Gasteiger partial charge in [0.25, 0.3) is 5.91 Å². The largest absolute Gasteiger partial charge is 0.352 e. The van der Waals surface area contributed by atoms with Crippen molar-refractivity contribution in [2.24, 2.45) is 0 Å². The summed E-state index contributed by atoms with van der Waals surface area (Å²) in [5, 5.41) is 3.05. The van der Waals surface area contributed by atoms with Gasteiger partial charge in [0.05, 0.1) is 5.56 Å². The molecule has 0 atom stereocenters. The molecule has 0 unspecified atom stereocenters. The van der Waals surface area contributed by atoms with Crippen LogP contribution in [0.5, 0.6) is 0 Å². The van der Waals surface area contributed by atoms with Gasteiger partial charge in [0.2, 0.25) is 0 Å². The summed E-state index contributed by atoms with van der Waals surface area (Å²) in [6.07, 6.45) is 1.68. The second-order valence-electron chi connectivity index (χ2n) is 4.47. The molecule has 2 nitrogen and oxygen atoms in total. The molecule has 2 aromatic rings. The fourth-order valence-corrected chi connectivity index (χ4v) is 2.08. The molecule has 104 valence electrons. The molecule has 0 bridgehead atoms. The van der Waals surface area contributed by atoms with Gasteiger partial charge in [-0.25, -0.2) is 4.39 Å². The zero-order chi connectivity index (χ0) is 14.4. The van der Waals surface area contributed by atoms with E-state index in [-0.39, 0.29) is 5.56 Å². The van der Waals surface area contributed by atoms with Crippen molar-refractivity contribution in [1.29, 1.82) is 0 Å². The maximum Gasteiger partial charge on any atom is 0.254 e. The van der Waals surface area contributed by atoms with Crippen LogP contribution in [0, 0.1) is 5.82 Å². The van der Waals surface area contributed by atoms with E-state index in [9.17, 15) is 9.18 Å². The first kappa shape index (κ1) is 14.5. The molecule has 0 aromatic heterocycles. The van der Waals surface area contributed by atoms with E-state index < -0.39 is 11.7 Å². The Labute approximate surface area is 122 Å². The number of aryl methyl sites for hydroxylation is 1. The topological polar surface area (TPSA) is 29.1 Å². The number of amides is 1. The number of nitrogens with one attached hydrogen (secondary N) is 1. The molecular formula is C16H15ClFNO. The molecule has 0 spiro atoms. The average Bonchev–Trinajstić information content (AvgIpc) is 2.47. The van der Waals surface area contributed by atoms with Crippen molar-refractivity contribution in [3.05, 3.63) is 70.5 Å². The van der Waals surface area contributed by atoms with E-state index in [0.717, 1.165) is 12.8 Å². The van der Waals surface area contributed by atoms with Crippen LogP contribution in [0.15, 0.2) is 48.5 Å². The molecule has 0 aliphatic rings. The summed E-state index contributed by atoms with van der Waals surface area (Å²) in [4.78, 5) is 11.8. The van der Waals surface area contributed by atoms with Crippen LogP contribution < -0.4 is 5.32 Å². The SMILES string of the molecule is O=C(NCCCc1ccccc1)c1cc(Cl)ccc1F. The van der Waals surface area contributed by atoms with Gasteiger partial charge in [0, 0.05) is 11.6 Å². The lowest BCUT2D eigenvalue weighted by Gasteiger charge is -2.06. The number of hydrogen-bond acceptors (Lipinski definition) is 1. The molecule has 1 amide bonds. The summed E-state index contributed by atoms with van der Waals surface area (Å²) in [5.41, 5.74) is 1.20. The number of halogens is 2. The Morgan fingerprint density at radius 3 is 2.65 bits per heavy atom. The number of carbonyl (C=O) groups excluding carboxylic acids is 1. The molecule has 0 saturated carbocycles. The zero-order valence-electron chi connectivity index (χ0n) is 10.9. The van der Waals surface area contributed by atoms with Gasteiger partial charge in [-0.15, -0.1) is 0 Å². The Kier molecular flexibility index (Phi) is 5.13. The zero-order valence-corrected chi connectivity index (χ0v) is 11.7. The molecule has 2 aromatic carbocycles. The second-order valence-corrected chi connectivity index (χ2v) is 4.91. The number of benzene rings is 2. The maximum atomic E-state index is 13.5. The van der Waals surface area contributed by atoms with Gasteiger partial charge >= 0.3 is 0 Å². The summed E-state index contributed by atoms with van der Waals surface area (Å²) in [5.74, 6) is -0.993. The molecule has 0 heterocycles. The monoisotopic (exact) mass is 291 g/mol. The van der Waals surface area contributed by atoms with E-state index in [0.29, 0.717) is 11.6 Å². The fourth-order valence-electron chi connectivity index (χ4n) is 1.91. The highest BCUT2D eigenvalue weighted by atomic mass is 35.5. The molecule has 0 radical (unpaired) electrons. The molecule has 2 rings (SSSR count). The Hall–Kier alpha value is -1.87. The van der Waals surface area contributed by atoms with E-state index in [1.807, 2.05) is 30.3 Å². The molecule has 4 heteroatoms. The van der Waals surface area contributed by atoms with Crippen molar-refractivity contribution in [3.63, 3.8) is 0 Å². The Balaban J connectivity index is 1.82. The lowest BCUT2D eigenvalue weighted by atomic mass is 10.1. The van der Waals surface area contributed by atoms with Gasteiger partial charge in [0.1, 0.15) is 5.82 Å². The highest BCUT2D eigenvalue weighted by molar-refractivity contribution is 6.30. The van der Waals surface area contributed by atoms with E-state index in [2.05, 4.69) is 5.32 Å². The third-order valence-corrected chi connectivity index (χ3v) is 3.18. The standard InChI is InChI=1S/C16H15ClFNO/c17-13-8-9-15(18)14(11-13)16(20)19-10-4-7-12-5-2-1-3-6-12/h1-3,5-6,8-9,11H,4,7,10H2,(H,19,20). The van der Waals surface area contributed by atoms with Crippen molar-refractivity contribution in [1.82, 2.24) is 5.32 Å². The van der Waals surface area contributed by atoms with Crippen molar-refractivity contribution in [3.8, 4) is 0 Å². The molecule has 0 aliphatic carbocycles. The predicted molar refractivity (Wildman–Crippen MR) is 78.5 cm³/mol. The molecule has 0 fully saturated rings. The first-order chi connectivity index (χ1) is 9.66. The van der Waals surface area contributed by atoms with Crippen LogP contribution >= 0.6 is 11.6 Å². The third kappa shape index (κ3) is 4.07. The molecule has 0 saturated heterocycles.